The highest BCUT2D eigenvalue weighted by molar-refractivity contribution is 5.95. The van der Waals surface area contributed by atoms with Crippen LogP contribution >= 0.6 is 0 Å². The van der Waals surface area contributed by atoms with Crippen LogP contribution in [-0.2, 0) is 11.3 Å². The third kappa shape index (κ3) is 3.70. The Morgan fingerprint density at radius 2 is 2.00 bits per heavy atom. The lowest BCUT2D eigenvalue weighted by Gasteiger charge is -2.47. The Labute approximate surface area is 160 Å². The Balaban J connectivity index is 1.33. The van der Waals surface area contributed by atoms with Crippen molar-refractivity contribution < 1.29 is 14.3 Å². The molecular formula is C22H26N2O3. The molecule has 0 radical (unpaired) electrons. The summed E-state index contributed by atoms with van der Waals surface area (Å²) >= 11 is 0. The summed E-state index contributed by atoms with van der Waals surface area (Å²) in [7, 11) is 3.76. The molecule has 4 rings (SSSR count). The number of nitrogens with zero attached hydrogens (tertiary/aromatic N) is 2. The first-order valence-corrected chi connectivity index (χ1v) is 9.40. The number of ether oxygens (including phenoxy) is 2. The Hall–Kier alpha value is -2.37. The van der Waals surface area contributed by atoms with Crippen molar-refractivity contribution in [2.75, 3.05) is 33.9 Å². The van der Waals surface area contributed by atoms with Gasteiger partial charge in [-0.25, -0.2) is 0 Å². The van der Waals surface area contributed by atoms with Crippen LogP contribution < -0.4 is 4.74 Å². The fraction of sp³-hybridized carbons (Fsp3) is 0.409. The third-order valence-electron chi connectivity index (χ3n) is 5.65. The van der Waals surface area contributed by atoms with E-state index < -0.39 is 0 Å². The van der Waals surface area contributed by atoms with Gasteiger partial charge in [0.2, 0.25) is 0 Å². The smallest absolute Gasteiger partial charge is 0.254 e. The highest BCUT2D eigenvalue weighted by atomic mass is 16.5. The van der Waals surface area contributed by atoms with Crippen LogP contribution in [-0.4, -0.2) is 61.2 Å². The van der Waals surface area contributed by atoms with Crippen molar-refractivity contribution in [2.45, 2.75) is 24.6 Å². The van der Waals surface area contributed by atoms with Gasteiger partial charge >= 0.3 is 0 Å². The van der Waals surface area contributed by atoms with Crippen molar-refractivity contribution in [1.82, 2.24) is 9.80 Å². The summed E-state index contributed by atoms with van der Waals surface area (Å²) in [6.45, 7) is 2.97. The standard InChI is InChI=1S/C22H26N2O3/c1-23(13-17-7-4-3-5-8-17)19-12-22(27-14-19)15-24(16-22)21(25)18-9-6-10-20(11-18)26-2/h3-11,19H,12-16H2,1-2H3. The van der Waals surface area contributed by atoms with Gasteiger partial charge in [0.05, 0.1) is 26.8 Å². The summed E-state index contributed by atoms with van der Waals surface area (Å²) in [5.74, 6) is 0.750. The van der Waals surface area contributed by atoms with Crippen molar-refractivity contribution >= 4 is 5.91 Å². The Morgan fingerprint density at radius 1 is 1.22 bits per heavy atom. The van der Waals surface area contributed by atoms with E-state index in [4.69, 9.17) is 9.47 Å². The first kappa shape index (κ1) is 18.0. The molecule has 1 spiro atoms. The summed E-state index contributed by atoms with van der Waals surface area (Å²) in [6.07, 6.45) is 0.970. The zero-order valence-corrected chi connectivity index (χ0v) is 15.9. The SMILES string of the molecule is COc1cccc(C(=O)N2CC3(CC(N(C)Cc4ccccc4)CO3)C2)c1. The third-order valence-corrected chi connectivity index (χ3v) is 5.65. The van der Waals surface area contributed by atoms with Gasteiger partial charge in [0.25, 0.3) is 5.91 Å². The van der Waals surface area contributed by atoms with Crippen molar-refractivity contribution in [2.24, 2.45) is 0 Å². The molecule has 1 atom stereocenters. The second-order valence-electron chi connectivity index (χ2n) is 7.65. The average molecular weight is 366 g/mol. The molecule has 5 heteroatoms. The summed E-state index contributed by atoms with van der Waals surface area (Å²) in [5.41, 5.74) is 1.80. The highest BCUT2D eigenvalue weighted by Crippen LogP contribution is 2.37. The molecule has 2 aromatic rings. The number of rotatable bonds is 5. The van der Waals surface area contributed by atoms with Gasteiger partial charge in [-0.3, -0.25) is 9.69 Å². The molecule has 2 aromatic carbocycles. The molecule has 0 bridgehead atoms. The topological polar surface area (TPSA) is 42.0 Å². The van der Waals surface area contributed by atoms with Gasteiger partial charge in [0.15, 0.2) is 0 Å². The van der Waals surface area contributed by atoms with Crippen molar-refractivity contribution in [1.29, 1.82) is 0 Å². The monoisotopic (exact) mass is 366 g/mol. The van der Waals surface area contributed by atoms with E-state index >= 15 is 0 Å². The fourth-order valence-corrected chi connectivity index (χ4v) is 4.06. The van der Waals surface area contributed by atoms with Gasteiger partial charge in [0, 0.05) is 18.2 Å². The maximum absolute atomic E-state index is 12.7. The molecule has 142 valence electrons. The molecule has 5 nitrogen and oxygen atoms in total. The van der Waals surface area contributed by atoms with Crippen LogP contribution in [0.4, 0.5) is 0 Å². The molecule has 2 fully saturated rings. The van der Waals surface area contributed by atoms with E-state index in [-0.39, 0.29) is 11.5 Å². The number of hydrogen-bond acceptors (Lipinski definition) is 4. The van der Waals surface area contributed by atoms with Crippen LogP contribution in [0, 0.1) is 0 Å². The van der Waals surface area contributed by atoms with Gasteiger partial charge in [-0.2, -0.15) is 0 Å². The van der Waals surface area contributed by atoms with Crippen LogP contribution in [0.25, 0.3) is 0 Å². The second kappa shape index (κ2) is 7.33. The Kier molecular flexibility index (Phi) is 4.89. The number of hydrogen-bond donors (Lipinski definition) is 0. The fourth-order valence-electron chi connectivity index (χ4n) is 4.06. The van der Waals surface area contributed by atoms with Crippen molar-refractivity contribution in [3.8, 4) is 5.75 Å². The van der Waals surface area contributed by atoms with E-state index in [1.165, 1.54) is 5.56 Å². The van der Waals surface area contributed by atoms with Gasteiger partial charge in [-0.15, -0.1) is 0 Å². The largest absolute Gasteiger partial charge is 0.497 e. The number of carbonyl (C=O) groups excluding carboxylic acids is 1. The molecule has 2 heterocycles. The summed E-state index contributed by atoms with van der Waals surface area (Å²) < 4.78 is 11.4. The van der Waals surface area contributed by atoms with E-state index in [1.54, 1.807) is 13.2 Å². The maximum atomic E-state index is 12.7. The second-order valence-corrected chi connectivity index (χ2v) is 7.65. The van der Waals surface area contributed by atoms with E-state index in [9.17, 15) is 4.79 Å². The Morgan fingerprint density at radius 3 is 2.74 bits per heavy atom. The van der Waals surface area contributed by atoms with E-state index in [1.807, 2.05) is 29.2 Å². The lowest BCUT2D eigenvalue weighted by atomic mass is 9.88. The molecule has 27 heavy (non-hydrogen) atoms. The quantitative estimate of drug-likeness (QED) is 0.816. The molecule has 0 saturated carbocycles. The molecular weight excluding hydrogens is 340 g/mol. The molecule has 0 aromatic heterocycles. The Bertz CT molecular complexity index is 802. The highest BCUT2D eigenvalue weighted by Gasteiger charge is 2.52. The zero-order valence-electron chi connectivity index (χ0n) is 15.9. The number of likely N-dealkylation sites (tertiary alicyclic amines) is 1. The zero-order chi connectivity index (χ0) is 18.9. The molecule has 1 amide bonds. The van der Waals surface area contributed by atoms with Crippen LogP contribution in [0.1, 0.15) is 22.3 Å². The molecule has 2 aliphatic heterocycles. The van der Waals surface area contributed by atoms with E-state index in [0.717, 1.165) is 19.6 Å². The minimum absolute atomic E-state index is 0.0456. The van der Waals surface area contributed by atoms with E-state index in [2.05, 4.69) is 36.2 Å². The molecule has 0 N–H and O–H groups in total. The number of amides is 1. The lowest BCUT2D eigenvalue weighted by molar-refractivity contribution is -0.0950. The first-order valence-electron chi connectivity index (χ1n) is 9.40. The number of carbonyl (C=O) groups is 1. The molecule has 2 aliphatic rings. The van der Waals surface area contributed by atoms with Crippen LogP contribution in [0.5, 0.6) is 5.75 Å². The summed E-state index contributed by atoms with van der Waals surface area (Å²) in [4.78, 5) is 16.9. The molecule has 2 saturated heterocycles. The van der Waals surface area contributed by atoms with Crippen LogP contribution in [0.3, 0.4) is 0 Å². The molecule has 0 aliphatic carbocycles. The number of benzene rings is 2. The van der Waals surface area contributed by atoms with Crippen LogP contribution in [0.2, 0.25) is 0 Å². The minimum Gasteiger partial charge on any atom is -0.497 e. The predicted molar refractivity (Wildman–Crippen MR) is 104 cm³/mol. The normalized spacial score (nSPS) is 20.7. The van der Waals surface area contributed by atoms with Crippen molar-refractivity contribution in [3.63, 3.8) is 0 Å². The van der Waals surface area contributed by atoms with E-state index in [0.29, 0.717) is 30.4 Å². The van der Waals surface area contributed by atoms with Gasteiger partial charge in [-0.05, 0) is 37.2 Å². The maximum Gasteiger partial charge on any atom is 0.254 e. The predicted octanol–water partition coefficient (Wildman–Crippen LogP) is 2.81. The number of methoxy groups -OCH3 is 1. The summed E-state index contributed by atoms with van der Waals surface area (Å²) in [6, 6.07) is 18.2. The average Bonchev–Trinajstić information content (AvgIpc) is 3.13. The van der Waals surface area contributed by atoms with Crippen molar-refractivity contribution in [3.05, 3.63) is 65.7 Å². The lowest BCUT2D eigenvalue weighted by Crippen LogP contribution is -2.63. The molecule has 1 unspecified atom stereocenters. The van der Waals surface area contributed by atoms with Gasteiger partial charge in [-0.1, -0.05) is 36.4 Å². The van der Waals surface area contributed by atoms with Crippen LogP contribution in [0.15, 0.2) is 54.6 Å². The summed E-state index contributed by atoms with van der Waals surface area (Å²) in [5, 5.41) is 0. The minimum atomic E-state index is -0.176. The first-order chi connectivity index (χ1) is 13.1. The van der Waals surface area contributed by atoms with Gasteiger partial charge in [0.1, 0.15) is 11.4 Å². The number of likely N-dealkylation sites (N-methyl/N-ethyl adjacent to an activating group) is 1. The van der Waals surface area contributed by atoms with Gasteiger partial charge < -0.3 is 14.4 Å².